The van der Waals surface area contributed by atoms with Gasteiger partial charge in [-0.15, -0.1) is 0 Å². The van der Waals surface area contributed by atoms with Crippen molar-refractivity contribution in [2.45, 2.75) is 6.42 Å². The molecule has 0 fully saturated rings. The van der Waals surface area contributed by atoms with Crippen molar-refractivity contribution in [3.63, 3.8) is 0 Å². The molecular weight excluding hydrogens is 206 g/mol. The maximum Gasteiger partial charge on any atom is 0.307 e. The Balaban J connectivity index is 2.76. The molecular formula is C8H8ClN3O2. The molecule has 0 saturated carbocycles. The van der Waals surface area contributed by atoms with Crippen molar-refractivity contribution in [3.8, 4) is 0 Å². The van der Waals surface area contributed by atoms with Gasteiger partial charge in [0, 0.05) is 0 Å². The molecule has 1 aromatic heterocycles. The number of hydrogen-bond acceptors (Lipinski definition) is 4. The van der Waals surface area contributed by atoms with E-state index in [1.54, 1.807) is 0 Å². The highest BCUT2D eigenvalue weighted by molar-refractivity contribution is 6.30. The van der Waals surface area contributed by atoms with Crippen LogP contribution < -0.4 is 5.73 Å². The van der Waals surface area contributed by atoms with Gasteiger partial charge in [-0.1, -0.05) is 17.7 Å². The Labute approximate surface area is 85.2 Å². The van der Waals surface area contributed by atoms with Gasteiger partial charge < -0.3 is 10.8 Å². The lowest BCUT2D eigenvalue weighted by atomic mass is 10.3. The molecule has 0 atom stereocenters. The molecule has 0 bridgehead atoms. The number of rotatable bonds is 3. The van der Waals surface area contributed by atoms with Crippen molar-refractivity contribution in [1.29, 1.82) is 0 Å². The van der Waals surface area contributed by atoms with E-state index in [9.17, 15) is 4.79 Å². The van der Waals surface area contributed by atoms with Crippen LogP contribution in [0.25, 0.3) is 6.08 Å². The average molecular weight is 214 g/mol. The van der Waals surface area contributed by atoms with Crippen molar-refractivity contribution in [2.75, 3.05) is 5.73 Å². The first-order chi connectivity index (χ1) is 6.59. The van der Waals surface area contributed by atoms with Crippen LogP contribution in [0.3, 0.4) is 0 Å². The minimum Gasteiger partial charge on any atom is -0.481 e. The second kappa shape index (κ2) is 4.57. The van der Waals surface area contributed by atoms with Crippen LogP contribution in [0.1, 0.15) is 12.1 Å². The minimum absolute atomic E-state index is 0.0810. The van der Waals surface area contributed by atoms with Crippen molar-refractivity contribution in [1.82, 2.24) is 9.97 Å². The third-order valence-electron chi connectivity index (χ3n) is 1.34. The van der Waals surface area contributed by atoms with E-state index in [0.717, 1.165) is 0 Å². The summed E-state index contributed by atoms with van der Waals surface area (Å²) in [4.78, 5) is 17.8. The van der Waals surface area contributed by atoms with E-state index in [1.165, 1.54) is 18.3 Å². The lowest BCUT2D eigenvalue weighted by molar-refractivity contribution is -0.135. The van der Waals surface area contributed by atoms with Gasteiger partial charge in [0.05, 0.1) is 12.6 Å². The number of nitrogens with two attached hydrogens (primary N) is 1. The number of carboxylic acids is 1. The number of halogens is 1. The van der Waals surface area contributed by atoms with Gasteiger partial charge >= 0.3 is 5.97 Å². The number of nitrogens with zero attached hydrogens (tertiary/aromatic N) is 2. The monoisotopic (exact) mass is 213 g/mol. The van der Waals surface area contributed by atoms with E-state index >= 15 is 0 Å². The number of anilines is 1. The highest BCUT2D eigenvalue weighted by Crippen LogP contribution is 2.13. The summed E-state index contributed by atoms with van der Waals surface area (Å²) in [5, 5.41) is 8.52. The van der Waals surface area contributed by atoms with Crippen LogP contribution >= 0.6 is 11.6 Å². The quantitative estimate of drug-likeness (QED) is 0.788. The Morgan fingerprint density at radius 3 is 3.00 bits per heavy atom. The van der Waals surface area contributed by atoms with Crippen LogP contribution in [0.4, 0.5) is 5.82 Å². The zero-order valence-corrected chi connectivity index (χ0v) is 7.90. The second-order valence-corrected chi connectivity index (χ2v) is 2.83. The lowest BCUT2D eigenvalue weighted by Crippen LogP contribution is -1.94. The predicted molar refractivity (Wildman–Crippen MR) is 52.7 cm³/mol. The average Bonchev–Trinajstić information content (AvgIpc) is 2.08. The van der Waals surface area contributed by atoms with E-state index in [0.29, 0.717) is 5.69 Å². The molecule has 0 radical (unpaired) electrons. The number of aliphatic carboxylic acids is 1. The second-order valence-electron chi connectivity index (χ2n) is 2.47. The van der Waals surface area contributed by atoms with Gasteiger partial charge in [0.1, 0.15) is 11.5 Å². The molecule has 1 rings (SSSR count). The Hall–Kier alpha value is -1.62. The van der Waals surface area contributed by atoms with Crippen LogP contribution in [-0.2, 0) is 4.79 Å². The van der Waals surface area contributed by atoms with Crippen LogP contribution in [0.2, 0.25) is 5.15 Å². The van der Waals surface area contributed by atoms with Gasteiger partial charge in [-0.2, -0.15) is 0 Å². The molecule has 0 aliphatic carbocycles. The first-order valence-electron chi connectivity index (χ1n) is 3.76. The maximum atomic E-state index is 10.2. The van der Waals surface area contributed by atoms with E-state index in [4.69, 9.17) is 22.4 Å². The van der Waals surface area contributed by atoms with E-state index in [2.05, 4.69) is 9.97 Å². The molecule has 1 heterocycles. The summed E-state index contributed by atoms with van der Waals surface area (Å²) >= 11 is 5.69. The molecule has 0 unspecified atom stereocenters. The first kappa shape index (κ1) is 10.5. The summed E-state index contributed by atoms with van der Waals surface area (Å²) < 4.78 is 0. The van der Waals surface area contributed by atoms with Crippen molar-refractivity contribution in [3.05, 3.63) is 23.1 Å². The third-order valence-corrected chi connectivity index (χ3v) is 1.62. The van der Waals surface area contributed by atoms with E-state index in [1.807, 2.05) is 0 Å². The highest BCUT2D eigenvalue weighted by atomic mass is 35.5. The van der Waals surface area contributed by atoms with Crippen LogP contribution in [0.15, 0.2) is 12.3 Å². The normalized spacial score (nSPS) is 10.6. The molecule has 3 N–H and O–H groups in total. The summed E-state index contributed by atoms with van der Waals surface area (Å²) in [6.07, 6.45) is 4.20. The maximum absolute atomic E-state index is 10.2. The molecule has 0 aliphatic heterocycles. The molecule has 0 aromatic carbocycles. The van der Waals surface area contributed by atoms with Crippen molar-refractivity contribution < 1.29 is 9.90 Å². The van der Waals surface area contributed by atoms with Gasteiger partial charge in [0.15, 0.2) is 5.15 Å². The SMILES string of the molecule is Nc1cnc(C=CCC(=O)O)c(Cl)n1. The molecule has 0 saturated heterocycles. The number of nitrogen functional groups attached to an aromatic ring is 1. The Morgan fingerprint density at radius 1 is 1.71 bits per heavy atom. The number of carboxylic acid groups (broad SMARTS) is 1. The van der Waals surface area contributed by atoms with Gasteiger partial charge in [0.2, 0.25) is 0 Å². The zero-order chi connectivity index (χ0) is 10.6. The minimum atomic E-state index is -0.916. The van der Waals surface area contributed by atoms with Gasteiger partial charge in [-0.3, -0.25) is 4.79 Å². The standard InChI is InChI=1S/C8H8ClN3O2/c9-8-5(2-1-3-7(13)14)11-4-6(10)12-8/h1-2,4H,3H2,(H2,10,12)(H,13,14). The predicted octanol–water partition coefficient (Wildman–Crippen LogP) is 1.20. The Kier molecular flexibility index (Phi) is 3.41. The van der Waals surface area contributed by atoms with Crippen LogP contribution in [-0.4, -0.2) is 21.0 Å². The Morgan fingerprint density at radius 2 is 2.43 bits per heavy atom. The molecule has 74 valence electrons. The van der Waals surface area contributed by atoms with Crippen molar-refractivity contribution >= 4 is 29.5 Å². The third kappa shape index (κ3) is 3.02. The fourth-order valence-corrected chi connectivity index (χ4v) is 0.981. The van der Waals surface area contributed by atoms with Crippen LogP contribution in [0, 0.1) is 0 Å². The molecule has 14 heavy (non-hydrogen) atoms. The van der Waals surface area contributed by atoms with Crippen LogP contribution in [0.5, 0.6) is 0 Å². The molecule has 0 aliphatic rings. The van der Waals surface area contributed by atoms with E-state index in [-0.39, 0.29) is 17.4 Å². The molecule has 1 aromatic rings. The topological polar surface area (TPSA) is 89.1 Å². The van der Waals surface area contributed by atoms with Crippen molar-refractivity contribution in [2.24, 2.45) is 0 Å². The fraction of sp³-hybridized carbons (Fsp3) is 0.125. The summed E-state index contributed by atoms with van der Waals surface area (Å²) in [7, 11) is 0. The zero-order valence-electron chi connectivity index (χ0n) is 7.14. The van der Waals surface area contributed by atoms with Gasteiger partial charge in [0.25, 0.3) is 0 Å². The highest BCUT2D eigenvalue weighted by Gasteiger charge is 2.00. The number of hydrogen-bond donors (Lipinski definition) is 2. The summed E-state index contributed by atoms with van der Waals surface area (Å²) in [5.74, 6) is -0.689. The number of carbonyl (C=O) groups is 1. The molecule has 0 amide bonds. The van der Waals surface area contributed by atoms with Gasteiger partial charge in [-0.05, 0) is 6.08 Å². The summed E-state index contributed by atoms with van der Waals surface area (Å²) in [6, 6.07) is 0. The summed E-state index contributed by atoms with van der Waals surface area (Å²) in [6.45, 7) is 0. The molecule has 0 spiro atoms. The van der Waals surface area contributed by atoms with E-state index < -0.39 is 5.97 Å². The fourth-order valence-electron chi connectivity index (χ4n) is 0.772. The first-order valence-corrected chi connectivity index (χ1v) is 4.13. The molecule has 5 nitrogen and oxygen atoms in total. The smallest absolute Gasteiger partial charge is 0.307 e. The lowest BCUT2D eigenvalue weighted by Gasteiger charge is -1.96. The largest absolute Gasteiger partial charge is 0.481 e. The Bertz CT molecular complexity index is 379. The number of aromatic nitrogens is 2. The van der Waals surface area contributed by atoms with Gasteiger partial charge in [-0.25, -0.2) is 9.97 Å². The summed E-state index contributed by atoms with van der Waals surface area (Å²) in [5.41, 5.74) is 5.73. The molecule has 6 heteroatoms.